The summed E-state index contributed by atoms with van der Waals surface area (Å²) in [5.41, 5.74) is -0.0146. The topological polar surface area (TPSA) is 82.1 Å². The Hall–Kier alpha value is -1.66. The van der Waals surface area contributed by atoms with Crippen LogP contribution in [0.3, 0.4) is 0 Å². The van der Waals surface area contributed by atoms with Crippen molar-refractivity contribution in [2.24, 2.45) is 5.41 Å². The molecule has 1 heterocycles. The summed E-state index contributed by atoms with van der Waals surface area (Å²) in [6.07, 6.45) is 3.85. The second kappa shape index (κ2) is 6.45. The van der Waals surface area contributed by atoms with Crippen molar-refractivity contribution in [3.63, 3.8) is 0 Å². The van der Waals surface area contributed by atoms with Crippen LogP contribution in [-0.2, 0) is 23.8 Å². The number of rotatable bonds is 2. The second-order valence-corrected chi connectivity index (χ2v) is 5.95. The van der Waals surface area contributed by atoms with Crippen molar-refractivity contribution in [1.82, 2.24) is 0 Å². The fourth-order valence-corrected chi connectivity index (χ4v) is 3.67. The summed E-state index contributed by atoms with van der Waals surface area (Å²) in [5, 5.41) is 9.31. The normalized spacial score (nSPS) is 30.6. The number of hydrogen-bond donors (Lipinski definition) is 1. The molecule has 6 nitrogen and oxygen atoms in total. The lowest BCUT2D eigenvalue weighted by atomic mass is 9.61. The zero-order valence-electron chi connectivity index (χ0n) is 12.6. The lowest BCUT2D eigenvalue weighted by Crippen LogP contribution is -2.50. The molecule has 128 valence electrons. The van der Waals surface area contributed by atoms with Gasteiger partial charge in [0, 0.05) is 18.4 Å². The van der Waals surface area contributed by atoms with Crippen LogP contribution in [0.4, 0.5) is 0 Å². The molecule has 1 saturated carbocycles. The van der Waals surface area contributed by atoms with E-state index in [2.05, 4.69) is 0 Å². The Bertz CT molecular complexity index is 555. The van der Waals surface area contributed by atoms with Crippen LogP contribution in [0.25, 0.3) is 0 Å². The quantitative estimate of drug-likeness (QED) is 0.477. The van der Waals surface area contributed by atoms with Crippen molar-refractivity contribution in [2.45, 2.75) is 45.8 Å². The molecule has 0 aromatic carbocycles. The third-order valence-electron chi connectivity index (χ3n) is 4.71. The van der Waals surface area contributed by atoms with Gasteiger partial charge >= 0.3 is 5.97 Å². The number of allylic oxidation sites excluding steroid dienone is 2. The SMILES string of the molecule is C.CCOC(=O)C12C/C(=C/O)C(=O)C=C1CCC1(C2)OCCO1. The fraction of sp³-hybridized carbons (Fsp3) is 0.647. The molecule has 2 aliphatic carbocycles. The summed E-state index contributed by atoms with van der Waals surface area (Å²) in [4.78, 5) is 24.7. The Kier molecular flexibility index (Phi) is 4.96. The van der Waals surface area contributed by atoms with Crippen LogP contribution in [0.5, 0.6) is 0 Å². The monoisotopic (exact) mass is 324 g/mol. The lowest BCUT2D eigenvalue weighted by molar-refractivity contribution is -0.202. The van der Waals surface area contributed by atoms with Crippen molar-refractivity contribution in [2.75, 3.05) is 19.8 Å². The summed E-state index contributed by atoms with van der Waals surface area (Å²) < 4.78 is 16.8. The highest BCUT2D eigenvalue weighted by atomic mass is 16.7. The molecule has 3 aliphatic rings. The number of hydrogen-bond acceptors (Lipinski definition) is 6. The van der Waals surface area contributed by atoms with E-state index >= 15 is 0 Å². The van der Waals surface area contributed by atoms with Crippen LogP contribution in [-0.4, -0.2) is 42.5 Å². The molecule has 0 amide bonds. The molecule has 1 spiro atoms. The van der Waals surface area contributed by atoms with E-state index in [9.17, 15) is 14.7 Å². The van der Waals surface area contributed by atoms with E-state index in [0.29, 0.717) is 32.5 Å². The van der Waals surface area contributed by atoms with Crippen molar-refractivity contribution in [3.05, 3.63) is 23.5 Å². The Balaban J connectivity index is 0.00000192. The summed E-state index contributed by atoms with van der Waals surface area (Å²) in [6, 6.07) is 0. The van der Waals surface area contributed by atoms with Crippen molar-refractivity contribution >= 4 is 11.8 Å². The molecule has 0 bridgehead atoms. The zero-order valence-corrected chi connectivity index (χ0v) is 12.6. The highest BCUT2D eigenvalue weighted by Gasteiger charge is 2.57. The number of carbonyl (C=O) groups excluding carboxylic acids is 2. The summed E-state index contributed by atoms with van der Waals surface area (Å²) in [6.45, 7) is 3.00. The first kappa shape index (κ1) is 17.7. The highest BCUT2D eigenvalue weighted by molar-refractivity contribution is 6.07. The van der Waals surface area contributed by atoms with E-state index < -0.39 is 11.2 Å². The molecular formula is C17H24O6. The molecular weight excluding hydrogens is 300 g/mol. The molecule has 1 saturated heterocycles. The first-order valence-corrected chi connectivity index (χ1v) is 7.59. The van der Waals surface area contributed by atoms with Gasteiger partial charge < -0.3 is 19.3 Å². The Morgan fingerprint density at radius 1 is 1.43 bits per heavy atom. The number of esters is 1. The first-order chi connectivity index (χ1) is 10.6. The lowest BCUT2D eigenvalue weighted by Gasteiger charge is -2.46. The number of aliphatic hydroxyl groups excluding tert-OH is 1. The molecule has 1 unspecified atom stereocenters. The third-order valence-corrected chi connectivity index (χ3v) is 4.71. The Morgan fingerprint density at radius 2 is 2.13 bits per heavy atom. The van der Waals surface area contributed by atoms with E-state index in [1.54, 1.807) is 6.92 Å². The van der Waals surface area contributed by atoms with Crippen molar-refractivity contribution in [1.29, 1.82) is 0 Å². The molecule has 1 atom stereocenters. The van der Waals surface area contributed by atoms with Gasteiger partial charge in [-0.05, 0) is 31.4 Å². The summed E-state index contributed by atoms with van der Waals surface area (Å²) in [5.74, 6) is -1.42. The van der Waals surface area contributed by atoms with E-state index in [0.717, 1.165) is 11.8 Å². The molecule has 6 heteroatoms. The van der Waals surface area contributed by atoms with E-state index in [-0.39, 0.29) is 37.8 Å². The van der Waals surface area contributed by atoms with Crippen LogP contribution in [0.1, 0.15) is 40.0 Å². The van der Waals surface area contributed by atoms with Crippen LogP contribution >= 0.6 is 0 Å². The smallest absolute Gasteiger partial charge is 0.316 e. The first-order valence-electron chi connectivity index (χ1n) is 7.59. The minimum atomic E-state index is -0.985. The number of ketones is 1. The molecule has 0 radical (unpaired) electrons. The average molecular weight is 324 g/mol. The molecule has 3 rings (SSSR count). The maximum absolute atomic E-state index is 12.7. The average Bonchev–Trinajstić information content (AvgIpc) is 2.95. The van der Waals surface area contributed by atoms with Gasteiger partial charge in [-0.1, -0.05) is 7.43 Å². The van der Waals surface area contributed by atoms with Gasteiger partial charge in [0.05, 0.1) is 31.5 Å². The van der Waals surface area contributed by atoms with Gasteiger partial charge in [0.1, 0.15) is 0 Å². The van der Waals surface area contributed by atoms with Gasteiger partial charge in [-0.2, -0.15) is 0 Å². The van der Waals surface area contributed by atoms with Gasteiger partial charge in [-0.3, -0.25) is 9.59 Å². The molecule has 1 aliphatic heterocycles. The maximum atomic E-state index is 12.7. The van der Waals surface area contributed by atoms with E-state index in [1.807, 2.05) is 0 Å². The third kappa shape index (κ3) is 2.81. The molecule has 0 aromatic heterocycles. The standard InChI is InChI=1S/C16H20O6.CH4/c1-2-20-14(19)15-8-11(9-17)13(18)7-12(15)3-4-16(10-15)21-5-6-22-16;/h7,9,17H,2-6,8,10H2,1H3;1H4/b11-9-;. The molecule has 23 heavy (non-hydrogen) atoms. The predicted octanol–water partition coefficient (Wildman–Crippen LogP) is 2.44. The van der Waals surface area contributed by atoms with Crippen LogP contribution in [0, 0.1) is 5.41 Å². The van der Waals surface area contributed by atoms with Gasteiger partial charge in [0.25, 0.3) is 0 Å². The van der Waals surface area contributed by atoms with Gasteiger partial charge in [-0.25, -0.2) is 0 Å². The fourth-order valence-electron chi connectivity index (χ4n) is 3.67. The van der Waals surface area contributed by atoms with Crippen LogP contribution in [0.15, 0.2) is 23.5 Å². The number of carbonyl (C=O) groups is 2. The maximum Gasteiger partial charge on any atom is 0.316 e. The van der Waals surface area contributed by atoms with Crippen LogP contribution < -0.4 is 0 Å². The Morgan fingerprint density at radius 3 is 2.74 bits per heavy atom. The molecule has 1 N–H and O–H groups in total. The molecule has 2 fully saturated rings. The van der Waals surface area contributed by atoms with Crippen molar-refractivity contribution < 1.29 is 28.9 Å². The minimum absolute atomic E-state index is 0. The number of aliphatic hydroxyl groups is 1. The highest BCUT2D eigenvalue weighted by Crippen LogP contribution is 2.54. The zero-order chi connectivity index (χ0) is 15.8. The summed E-state index contributed by atoms with van der Waals surface area (Å²) in [7, 11) is 0. The van der Waals surface area contributed by atoms with Gasteiger partial charge in [-0.15, -0.1) is 0 Å². The summed E-state index contributed by atoms with van der Waals surface area (Å²) >= 11 is 0. The van der Waals surface area contributed by atoms with Gasteiger partial charge in [0.15, 0.2) is 11.6 Å². The predicted molar refractivity (Wildman–Crippen MR) is 82.7 cm³/mol. The number of ether oxygens (including phenoxy) is 3. The minimum Gasteiger partial charge on any atom is -0.515 e. The largest absolute Gasteiger partial charge is 0.515 e. The second-order valence-electron chi connectivity index (χ2n) is 5.95. The molecule has 0 aromatic rings. The number of fused-ring (bicyclic) bond motifs is 1. The van der Waals surface area contributed by atoms with E-state index in [1.165, 1.54) is 6.08 Å². The van der Waals surface area contributed by atoms with Crippen molar-refractivity contribution in [3.8, 4) is 0 Å². The van der Waals surface area contributed by atoms with E-state index in [4.69, 9.17) is 14.2 Å². The van der Waals surface area contributed by atoms with Gasteiger partial charge in [0.2, 0.25) is 0 Å². The Labute approximate surface area is 136 Å². The van der Waals surface area contributed by atoms with Crippen LogP contribution in [0.2, 0.25) is 0 Å².